The van der Waals surface area contributed by atoms with Crippen molar-refractivity contribution < 1.29 is 9.90 Å². The van der Waals surface area contributed by atoms with Crippen molar-refractivity contribution in [3.63, 3.8) is 0 Å². The molecule has 0 saturated heterocycles. The fraction of sp³-hybridized carbons (Fsp3) is 0.600. The maximum absolute atomic E-state index is 11.1. The molecule has 0 spiro atoms. The quantitative estimate of drug-likeness (QED) is 0.765. The van der Waals surface area contributed by atoms with Crippen molar-refractivity contribution in [2.24, 2.45) is 0 Å². The van der Waals surface area contributed by atoms with Crippen LogP contribution in [0.3, 0.4) is 0 Å². The first-order valence-corrected chi connectivity index (χ1v) is 4.97. The highest BCUT2D eigenvalue weighted by Gasteiger charge is 2.47. The van der Waals surface area contributed by atoms with Crippen LogP contribution in [0.1, 0.15) is 37.6 Å². The minimum Gasteiger partial charge on any atom is -0.481 e. The Bertz CT molecular complexity index is 353. The molecule has 1 aliphatic rings. The molecule has 76 valence electrons. The minimum atomic E-state index is -0.738. The predicted octanol–water partition coefficient (Wildman–Crippen LogP) is 1.48. The van der Waals surface area contributed by atoms with Crippen LogP contribution in [0.15, 0.2) is 6.07 Å². The van der Waals surface area contributed by atoms with E-state index in [1.807, 2.05) is 13.0 Å². The molecule has 0 bridgehead atoms. The van der Waals surface area contributed by atoms with Gasteiger partial charge in [-0.2, -0.15) is 5.10 Å². The zero-order valence-electron chi connectivity index (χ0n) is 8.21. The smallest absolute Gasteiger partial charge is 0.315 e. The Morgan fingerprint density at radius 1 is 1.71 bits per heavy atom. The summed E-state index contributed by atoms with van der Waals surface area (Å²) < 4.78 is 0. The number of aromatic amines is 1. The molecule has 0 unspecified atom stereocenters. The molecule has 0 amide bonds. The van der Waals surface area contributed by atoms with E-state index in [0.29, 0.717) is 5.69 Å². The molecule has 2 rings (SSSR count). The number of aryl methyl sites for hydroxylation is 1. The van der Waals surface area contributed by atoms with Gasteiger partial charge >= 0.3 is 5.97 Å². The van der Waals surface area contributed by atoms with Gasteiger partial charge in [0.05, 0.1) is 5.69 Å². The number of nitrogens with one attached hydrogen (secondary N) is 1. The molecule has 1 aromatic rings. The Balaban J connectivity index is 2.32. The van der Waals surface area contributed by atoms with Crippen LogP contribution in [0.4, 0.5) is 0 Å². The van der Waals surface area contributed by atoms with Gasteiger partial charge < -0.3 is 5.11 Å². The van der Waals surface area contributed by atoms with Crippen molar-refractivity contribution in [2.45, 2.75) is 38.0 Å². The number of hydrogen-bond acceptors (Lipinski definition) is 2. The first kappa shape index (κ1) is 9.24. The number of carbonyl (C=O) groups is 1. The second kappa shape index (κ2) is 3.12. The SMILES string of the molecule is CCc1cc(C2(C(=O)O)CCC2)n[nH]1. The van der Waals surface area contributed by atoms with Crippen molar-refractivity contribution in [3.8, 4) is 0 Å². The molecule has 0 radical (unpaired) electrons. The number of aromatic nitrogens is 2. The fourth-order valence-electron chi connectivity index (χ4n) is 1.90. The van der Waals surface area contributed by atoms with E-state index in [1.165, 1.54) is 0 Å². The maximum Gasteiger partial charge on any atom is 0.315 e. The lowest BCUT2D eigenvalue weighted by atomic mass is 9.66. The Morgan fingerprint density at radius 2 is 2.43 bits per heavy atom. The van der Waals surface area contributed by atoms with Crippen LogP contribution in [0, 0.1) is 0 Å². The van der Waals surface area contributed by atoms with Gasteiger partial charge in [0.1, 0.15) is 5.41 Å². The summed E-state index contributed by atoms with van der Waals surface area (Å²) in [6, 6.07) is 1.88. The third-order valence-electron chi connectivity index (χ3n) is 3.12. The summed E-state index contributed by atoms with van der Waals surface area (Å²) in [6.45, 7) is 2.02. The first-order chi connectivity index (χ1) is 6.69. The molecule has 14 heavy (non-hydrogen) atoms. The van der Waals surface area contributed by atoms with Crippen molar-refractivity contribution in [3.05, 3.63) is 17.5 Å². The number of carboxylic acids is 1. The summed E-state index contributed by atoms with van der Waals surface area (Å²) in [5.41, 5.74) is 1.02. The van der Waals surface area contributed by atoms with Gasteiger partial charge in [0.15, 0.2) is 0 Å². The van der Waals surface area contributed by atoms with Crippen molar-refractivity contribution in [1.29, 1.82) is 0 Å². The highest BCUT2D eigenvalue weighted by atomic mass is 16.4. The molecule has 1 fully saturated rings. The molecule has 1 heterocycles. The van der Waals surface area contributed by atoms with Crippen molar-refractivity contribution in [2.75, 3.05) is 0 Å². The first-order valence-electron chi connectivity index (χ1n) is 4.97. The molecular weight excluding hydrogens is 180 g/mol. The number of H-pyrrole nitrogens is 1. The second-order valence-electron chi connectivity index (χ2n) is 3.87. The van der Waals surface area contributed by atoms with E-state index < -0.39 is 11.4 Å². The largest absolute Gasteiger partial charge is 0.481 e. The molecule has 0 aliphatic heterocycles. The molecule has 1 saturated carbocycles. The number of hydrogen-bond donors (Lipinski definition) is 2. The molecule has 1 aliphatic carbocycles. The van der Waals surface area contributed by atoms with Crippen LogP contribution in [0.2, 0.25) is 0 Å². The van der Waals surface area contributed by atoms with E-state index in [2.05, 4.69) is 10.2 Å². The zero-order chi connectivity index (χ0) is 10.2. The van der Waals surface area contributed by atoms with Gasteiger partial charge in [0.25, 0.3) is 0 Å². The highest BCUT2D eigenvalue weighted by molar-refractivity contribution is 5.81. The van der Waals surface area contributed by atoms with Crippen LogP contribution in [0.25, 0.3) is 0 Å². The minimum absolute atomic E-state index is 0.691. The topological polar surface area (TPSA) is 66.0 Å². The fourth-order valence-corrected chi connectivity index (χ4v) is 1.90. The zero-order valence-corrected chi connectivity index (χ0v) is 8.21. The molecule has 2 N–H and O–H groups in total. The summed E-state index contributed by atoms with van der Waals surface area (Å²) in [7, 11) is 0. The van der Waals surface area contributed by atoms with Gasteiger partial charge in [-0.25, -0.2) is 0 Å². The Labute approximate surface area is 82.3 Å². The van der Waals surface area contributed by atoms with Gasteiger partial charge in [-0.1, -0.05) is 13.3 Å². The molecule has 4 heteroatoms. The van der Waals surface area contributed by atoms with Gasteiger partial charge in [-0.05, 0) is 25.3 Å². The van der Waals surface area contributed by atoms with E-state index in [1.54, 1.807) is 0 Å². The molecule has 4 nitrogen and oxygen atoms in total. The average Bonchev–Trinajstić information content (AvgIpc) is 2.50. The van der Waals surface area contributed by atoms with Crippen LogP contribution in [-0.4, -0.2) is 21.3 Å². The van der Waals surface area contributed by atoms with Gasteiger partial charge in [0.2, 0.25) is 0 Å². The van der Waals surface area contributed by atoms with E-state index in [4.69, 9.17) is 5.11 Å². The number of nitrogens with zero attached hydrogens (tertiary/aromatic N) is 1. The van der Waals surface area contributed by atoms with Crippen LogP contribution in [-0.2, 0) is 16.6 Å². The van der Waals surface area contributed by atoms with Gasteiger partial charge in [-0.3, -0.25) is 9.89 Å². The summed E-state index contributed by atoms with van der Waals surface area (Å²) in [5.74, 6) is -0.738. The van der Waals surface area contributed by atoms with E-state index >= 15 is 0 Å². The second-order valence-corrected chi connectivity index (χ2v) is 3.87. The predicted molar refractivity (Wildman–Crippen MR) is 51.1 cm³/mol. The van der Waals surface area contributed by atoms with E-state index in [-0.39, 0.29) is 0 Å². The highest BCUT2D eigenvalue weighted by Crippen LogP contribution is 2.43. The van der Waals surface area contributed by atoms with E-state index in [9.17, 15) is 4.79 Å². The van der Waals surface area contributed by atoms with E-state index in [0.717, 1.165) is 31.4 Å². The summed E-state index contributed by atoms with van der Waals surface area (Å²) in [6.07, 6.45) is 3.29. The van der Waals surface area contributed by atoms with Crippen LogP contribution < -0.4 is 0 Å². The summed E-state index contributed by atoms with van der Waals surface area (Å²) >= 11 is 0. The lowest BCUT2D eigenvalue weighted by Crippen LogP contribution is -2.42. The molecule has 0 atom stereocenters. The number of aliphatic carboxylic acids is 1. The third kappa shape index (κ3) is 1.14. The van der Waals surface area contributed by atoms with Crippen molar-refractivity contribution in [1.82, 2.24) is 10.2 Å². The maximum atomic E-state index is 11.1. The monoisotopic (exact) mass is 194 g/mol. The molecule has 0 aromatic carbocycles. The van der Waals surface area contributed by atoms with Gasteiger partial charge in [0, 0.05) is 5.69 Å². The Morgan fingerprint density at radius 3 is 2.79 bits per heavy atom. The summed E-state index contributed by atoms with van der Waals surface area (Å²) in [5, 5.41) is 16.1. The van der Waals surface area contributed by atoms with Crippen LogP contribution in [0.5, 0.6) is 0 Å². The Hall–Kier alpha value is -1.32. The third-order valence-corrected chi connectivity index (χ3v) is 3.12. The lowest BCUT2D eigenvalue weighted by molar-refractivity contribution is -0.147. The summed E-state index contributed by atoms with van der Waals surface area (Å²) in [4.78, 5) is 11.1. The van der Waals surface area contributed by atoms with Gasteiger partial charge in [-0.15, -0.1) is 0 Å². The molecular formula is C10H14N2O2. The normalized spacial score (nSPS) is 18.9. The van der Waals surface area contributed by atoms with Crippen LogP contribution >= 0.6 is 0 Å². The Kier molecular flexibility index (Phi) is 2.06. The number of rotatable bonds is 3. The molecule has 1 aromatic heterocycles. The number of carboxylic acid groups (broad SMARTS) is 1. The lowest BCUT2D eigenvalue weighted by Gasteiger charge is -2.35. The van der Waals surface area contributed by atoms with Crippen molar-refractivity contribution >= 4 is 5.97 Å². The average molecular weight is 194 g/mol. The standard InChI is InChI=1S/C10H14N2O2/c1-2-7-6-8(12-11-7)10(9(13)14)4-3-5-10/h6H,2-5H2,1H3,(H,11,12)(H,13,14).